The largest absolute Gasteiger partial charge is 0.488 e. The quantitative estimate of drug-likeness (QED) is 0.178. The molecule has 3 aromatic rings. The molecule has 0 atom stereocenters. The second-order valence-electron chi connectivity index (χ2n) is 13.7. The number of rotatable bonds is 9. The average Bonchev–Trinajstić information content (AvgIpc) is 2.97. The van der Waals surface area contributed by atoms with Gasteiger partial charge in [-0.3, -0.25) is 0 Å². The van der Waals surface area contributed by atoms with E-state index < -0.39 is 9.84 Å². The van der Waals surface area contributed by atoms with Gasteiger partial charge in [-0.1, -0.05) is 82.5 Å². The molecule has 0 amide bonds. The lowest BCUT2D eigenvalue weighted by Gasteiger charge is -2.35. The van der Waals surface area contributed by atoms with Crippen LogP contribution in [0.15, 0.2) is 119 Å². The van der Waals surface area contributed by atoms with Gasteiger partial charge in [-0.25, -0.2) is 8.42 Å². The van der Waals surface area contributed by atoms with E-state index in [1.807, 2.05) is 37.3 Å². The van der Waals surface area contributed by atoms with Gasteiger partial charge < -0.3 is 9.47 Å². The van der Waals surface area contributed by atoms with Gasteiger partial charge in [0.2, 0.25) is 9.84 Å². The zero-order chi connectivity index (χ0) is 32.0. The third kappa shape index (κ3) is 8.53. The van der Waals surface area contributed by atoms with E-state index in [0.29, 0.717) is 11.5 Å². The Hall–Kier alpha value is -3.57. The molecule has 0 radical (unpaired) electrons. The molecule has 1 fully saturated rings. The first-order valence-corrected chi connectivity index (χ1v) is 17.2. The zero-order valence-corrected chi connectivity index (χ0v) is 28.2. The maximum Gasteiger partial charge on any atom is 0.206 e. The van der Waals surface area contributed by atoms with Crippen molar-refractivity contribution in [2.24, 2.45) is 0 Å². The molecule has 4 rings (SSSR count). The molecule has 0 aromatic heterocycles. The number of sulfone groups is 1. The van der Waals surface area contributed by atoms with E-state index in [4.69, 9.17) is 9.47 Å². The zero-order valence-electron chi connectivity index (χ0n) is 27.4. The molecule has 0 bridgehead atoms. The maximum absolute atomic E-state index is 13.3. The van der Waals surface area contributed by atoms with Gasteiger partial charge in [0.1, 0.15) is 22.9 Å². The van der Waals surface area contributed by atoms with Crippen LogP contribution >= 0.6 is 0 Å². The molecule has 0 saturated heterocycles. The third-order valence-electron chi connectivity index (χ3n) is 8.01. The SMILES string of the molecule is C/C=C\C(=C/C=CC1(c2ccc(OC(C)(C)C)cc2)CCCCC1)Oc1ccc(S(=O)(=O)c2ccc(C(C)(C)C)cc2)cc1. The van der Waals surface area contributed by atoms with Crippen molar-refractivity contribution >= 4 is 9.84 Å². The van der Waals surface area contributed by atoms with Crippen LogP contribution in [0.2, 0.25) is 0 Å². The molecule has 3 aromatic carbocycles. The molecule has 234 valence electrons. The van der Waals surface area contributed by atoms with Crippen molar-refractivity contribution in [1.82, 2.24) is 0 Å². The highest BCUT2D eigenvalue weighted by Gasteiger charge is 2.31. The van der Waals surface area contributed by atoms with Crippen LogP contribution in [0.3, 0.4) is 0 Å². The fraction of sp³-hybridized carbons (Fsp3) is 0.385. The van der Waals surface area contributed by atoms with Crippen LogP contribution in [-0.4, -0.2) is 14.0 Å². The molecule has 5 heteroatoms. The summed E-state index contributed by atoms with van der Waals surface area (Å²) in [6, 6.07) is 22.4. The van der Waals surface area contributed by atoms with Crippen LogP contribution in [0.25, 0.3) is 0 Å². The topological polar surface area (TPSA) is 52.6 Å². The van der Waals surface area contributed by atoms with Crippen molar-refractivity contribution < 1.29 is 17.9 Å². The van der Waals surface area contributed by atoms with Gasteiger partial charge in [0.15, 0.2) is 0 Å². The monoisotopic (exact) mass is 612 g/mol. The van der Waals surface area contributed by atoms with E-state index in [2.05, 4.69) is 78.0 Å². The minimum absolute atomic E-state index is 0.0306. The number of allylic oxidation sites excluding steroid dienone is 5. The van der Waals surface area contributed by atoms with Crippen molar-refractivity contribution in [3.8, 4) is 11.5 Å². The summed E-state index contributed by atoms with van der Waals surface area (Å²) in [6.07, 6.45) is 16.1. The van der Waals surface area contributed by atoms with Gasteiger partial charge in [0, 0.05) is 5.41 Å². The van der Waals surface area contributed by atoms with Gasteiger partial charge in [-0.15, -0.1) is 0 Å². The summed E-state index contributed by atoms with van der Waals surface area (Å²) < 4.78 is 38.8. The highest BCUT2D eigenvalue weighted by Crippen LogP contribution is 2.41. The normalized spacial score (nSPS) is 16.4. The Morgan fingerprint density at radius 3 is 1.82 bits per heavy atom. The van der Waals surface area contributed by atoms with Crippen molar-refractivity contribution in [3.05, 3.63) is 120 Å². The van der Waals surface area contributed by atoms with E-state index in [1.165, 1.54) is 24.8 Å². The predicted octanol–water partition coefficient (Wildman–Crippen LogP) is 10.3. The van der Waals surface area contributed by atoms with Crippen LogP contribution in [-0.2, 0) is 20.7 Å². The van der Waals surface area contributed by atoms with Gasteiger partial charge >= 0.3 is 0 Å². The minimum Gasteiger partial charge on any atom is -0.488 e. The lowest BCUT2D eigenvalue weighted by atomic mass is 9.69. The molecule has 0 aliphatic heterocycles. The summed E-state index contributed by atoms with van der Waals surface area (Å²) in [5.74, 6) is 2.14. The second-order valence-corrected chi connectivity index (χ2v) is 15.7. The smallest absolute Gasteiger partial charge is 0.206 e. The summed E-state index contributed by atoms with van der Waals surface area (Å²) >= 11 is 0. The number of hydrogen-bond acceptors (Lipinski definition) is 4. The lowest BCUT2D eigenvalue weighted by molar-refractivity contribution is 0.131. The highest BCUT2D eigenvalue weighted by molar-refractivity contribution is 7.91. The Morgan fingerprint density at radius 2 is 1.30 bits per heavy atom. The molecule has 0 spiro atoms. The van der Waals surface area contributed by atoms with E-state index in [9.17, 15) is 8.42 Å². The van der Waals surface area contributed by atoms with Crippen molar-refractivity contribution in [3.63, 3.8) is 0 Å². The van der Waals surface area contributed by atoms with E-state index >= 15 is 0 Å². The fourth-order valence-electron chi connectivity index (χ4n) is 5.65. The molecular formula is C39H48O4S. The van der Waals surface area contributed by atoms with E-state index in [0.717, 1.165) is 24.2 Å². The van der Waals surface area contributed by atoms with Crippen molar-refractivity contribution in [2.45, 2.75) is 107 Å². The Bertz CT molecular complexity index is 1570. The summed E-state index contributed by atoms with van der Waals surface area (Å²) in [5.41, 5.74) is 2.10. The van der Waals surface area contributed by atoms with Gasteiger partial charge in [0.05, 0.1) is 9.79 Å². The Labute approximate surface area is 265 Å². The standard InChI is InChI=1S/C39H48O4S/c1-8-13-32(14-12-29-39(27-10-9-11-28-39)31-15-19-34(20-16-31)43-38(5,6)7)42-33-21-25-36(26-22-33)44(40,41)35-23-17-30(18-24-35)37(2,3)4/h8,12-26,29H,9-11,27-28H2,1-7H3/b13-8-,29-12?,32-14+. The van der Waals surface area contributed by atoms with Crippen LogP contribution in [0.5, 0.6) is 11.5 Å². The van der Waals surface area contributed by atoms with E-state index in [-0.39, 0.29) is 26.2 Å². The molecular weight excluding hydrogens is 564 g/mol. The third-order valence-corrected chi connectivity index (χ3v) is 9.79. The molecule has 1 aliphatic rings. The molecule has 1 aliphatic carbocycles. The van der Waals surface area contributed by atoms with Crippen molar-refractivity contribution in [1.29, 1.82) is 0 Å². The van der Waals surface area contributed by atoms with Crippen LogP contribution in [0.4, 0.5) is 0 Å². The van der Waals surface area contributed by atoms with Crippen LogP contribution < -0.4 is 9.47 Å². The summed E-state index contributed by atoms with van der Waals surface area (Å²) in [4.78, 5) is 0.523. The Kier molecular flexibility index (Phi) is 10.3. The maximum atomic E-state index is 13.3. The first-order valence-electron chi connectivity index (χ1n) is 15.7. The molecule has 0 N–H and O–H groups in total. The van der Waals surface area contributed by atoms with E-state index in [1.54, 1.807) is 36.4 Å². The number of benzene rings is 3. The number of ether oxygens (including phenoxy) is 2. The molecule has 0 heterocycles. The Balaban J connectivity index is 1.51. The van der Waals surface area contributed by atoms with Crippen molar-refractivity contribution in [2.75, 3.05) is 0 Å². The average molecular weight is 613 g/mol. The van der Waals surface area contributed by atoms with Gasteiger partial charge in [-0.05, 0) is 118 Å². The summed E-state index contributed by atoms with van der Waals surface area (Å²) in [5, 5.41) is 0. The molecule has 44 heavy (non-hydrogen) atoms. The first kappa shape index (κ1) is 33.3. The lowest BCUT2D eigenvalue weighted by Crippen LogP contribution is -2.27. The first-order chi connectivity index (χ1) is 20.7. The van der Waals surface area contributed by atoms with Crippen LogP contribution in [0, 0.1) is 0 Å². The minimum atomic E-state index is -3.63. The van der Waals surface area contributed by atoms with Gasteiger partial charge in [-0.2, -0.15) is 0 Å². The highest BCUT2D eigenvalue weighted by atomic mass is 32.2. The Morgan fingerprint density at radius 1 is 0.750 bits per heavy atom. The second kappa shape index (κ2) is 13.6. The predicted molar refractivity (Wildman–Crippen MR) is 181 cm³/mol. The van der Waals surface area contributed by atoms with Gasteiger partial charge in [0.25, 0.3) is 0 Å². The molecule has 0 unspecified atom stereocenters. The van der Waals surface area contributed by atoms with Crippen LogP contribution in [0.1, 0.15) is 91.7 Å². The molecule has 4 nitrogen and oxygen atoms in total. The summed E-state index contributed by atoms with van der Waals surface area (Å²) in [7, 11) is -3.63. The fourth-order valence-corrected chi connectivity index (χ4v) is 6.91. The number of hydrogen-bond donors (Lipinski definition) is 0. The molecule has 1 saturated carbocycles. The summed E-state index contributed by atoms with van der Waals surface area (Å²) in [6.45, 7) is 14.5.